The van der Waals surface area contributed by atoms with E-state index in [0.717, 1.165) is 12.5 Å². The topological polar surface area (TPSA) is 139 Å². The molecular formula is C17H21N3O7S. The molecule has 0 radical (unpaired) electrons. The van der Waals surface area contributed by atoms with Crippen molar-refractivity contribution < 1.29 is 32.3 Å². The molecule has 0 bridgehead atoms. The van der Waals surface area contributed by atoms with E-state index in [9.17, 15) is 19.2 Å². The molecule has 0 aliphatic carbocycles. The largest absolute Gasteiger partial charge is 0.495 e. The lowest BCUT2D eigenvalue weighted by Crippen LogP contribution is -2.52. The second-order valence-electron chi connectivity index (χ2n) is 6.50. The summed E-state index contributed by atoms with van der Waals surface area (Å²) in [6, 6.07) is 2.81. The van der Waals surface area contributed by atoms with Crippen molar-refractivity contribution in [2.24, 2.45) is 0 Å². The number of hydrogen-bond donors (Lipinski definition) is 2. The number of Topliss-reactive ketones (excluding diaryl/α,β-unsaturated/α-hetero) is 1. The SMILES string of the molecule is COc1ccc(C)cc1NC(=O)C(C(C)=O)N1C(=O)NC(C)(C)C1=O.O=S=O. The molecule has 0 saturated carbocycles. The predicted octanol–water partition coefficient (Wildman–Crippen LogP) is 0.560. The molecule has 11 heteroatoms. The number of aryl methyl sites for hydroxylation is 1. The zero-order chi connectivity index (χ0) is 21.6. The van der Waals surface area contributed by atoms with Crippen LogP contribution in [0.3, 0.4) is 0 Å². The molecule has 1 aromatic rings. The van der Waals surface area contributed by atoms with Crippen molar-refractivity contribution in [1.82, 2.24) is 10.2 Å². The molecule has 2 rings (SSSR count). The van der Waals surface area contributed by atoms with Crippen molar-refractivity contribution in [3.63, 3.8) is 0 Å². The quantitative estimate of drug-likeness (QED) is 0.533. The van der Waals surface area contributed by atoms with Gasteiger partial charge in [0.15, 0.2) is 11.8 Å². The van der Waals surface area contributed by atoms with Gasteiger partial charge in [-0.2, -0.15) is 8.42 Å². The Bertz CT molecular complexity index is 847. The van der Waals surface area contributed by atoms with Gasteiger partial charge in [-0.3, -0.25) is 14.4 Å². The average molecular weight is 411 g/mol. The zero-order valence-electron chi connectivity index (χ0n) is 16.0. The lowest BCUT2D eigenvalue weighted by atomic mass is 10.0. The number of carbonyl (C=O) groups excluding carboxylic acids is 4. The van der Waals surface area contributed by atoms with Crippen LogP contribution in [0.4, 0.5) is 10.5 Å². The van der Waals surface area contributed by atoms with Gasteiger partial charge in [0, 0.05) is 0 Å². The van der Waals surface area contributed by atoms with Crippen LogP contribution >= 0.6 is 0 Å². The van der Waals surface area contributed by atoms with Gasteiger partial charge in [0.2, 0.25) is 0 Å². The first-order valence-electron chi connectivity index (χ1n) is 8.03. The number of imide groups is 1. The summed E-state index contributed by atoms with van der Waals surface area (Å²) in [4.78, 5) is 49.9. The average Bonchev–Trinajstić information content (AvgIpc) is 2.77. The van der Waals surface area contributed by atoms with Crippen LogP contribution in [-0.2, 0) is 26.0 Å². The number of ketones is 1. The fourth-order valence-corrected chi connectivity index (χ4v) is 2.61. The van der Waals surface area contributed by atoms with Crippen molar-refractivity contribution >= 4 is 40.9 Å². The summed E-state index contributed by atoms with van der Waals surface area (Å²) < 4.78 is 21.8. The molecule has 10 nitrogen and oxygen atoms in total. The third-order valence-corrected chi connectivity index (χ3v) is 3.90. The molecule has 1 aliphatic rings. The highest BCUT2D eigenvalue weighted by Crippen LogP contribution is 2.26. The normalized spacial score (nSPS) is 15.7. The van der Waals surface area contributed by atoms with Gasteiger partial charge < -0.3 is 15.4 Å². The van der Waals surface area contributed by atoms with Crippen LogP contribution in [0.15, 0.2) is 18.2 Å². The minimum absolute atomic E-state index is 0.352. The summed E-state index contributed by atoms with van der Waals surface area (Å²) in [5.41, 5.74) is 0.0446. The Balaban J connectivity index is 0.00000122. The summed E-state index contributed by atoms with van der Waals surface area (Å²) in [7, 11) is 1.45. The third kappa shape index (κ3) is 5.00. The molecule has 4 amide bonds. The maximum Gasteiger partial charge on any atom is 0.335 e. The van der Waals surface area contributed by atoms with E-state index in [-0.39, 0.29) is 0 Å². The fraction of sp³-hybridized carbons (Fsp3) is 0.412. The molecule has 152 valence electrons. The molecule has 2 N–H and O–H groups in total. The Morgan fingerprint density at radius 2 is 1.82 bits per heavy atom. The molecule has 1 aromatic carbocycles. The first-order valence-corrected chi connectivity index (χ1v) is 8.70. The number of amides is 4. The Labute approximate surface area is 165 Å². The Morgan fingerprint density at radius 3 is 2.25 bits per heavy atom. The molecule has 0 spiro atoms. The highest BCUT2D eigenvalue weighted by atomic mass is 32.1. The van der Waals surface area contributed by atoms with Crippen LogP contribution < -0.4 is 15.4 Å². The monoisotopic (exact) mass is 411 g/mol. The van der Waals surface area contributed by atoms with E-state index in [1.165, 1.54) is 21.0 Å². The number of urea groups is 1. The van der Waals surface area contributed by atoms with Crippen molar-refractivity contribution in [2.45, 2.75) is 39.3 Å². The number of rotatable bonds is 5. The van der Waals surface area contributed by atoms with Crippen molar-refractivity contribution in [2.75, 3.05) is 12.4 Å². The number of methoxy groups -OCH3 is 1. The summed E-state index contributed by atoms with van der Waals surface area (Å²) in [6.07, 6.45) is 0. The van der Waals surface area contributed by atoms with Crippen LogP contribution in [-0.4, -0.2) is 55.6 Å². The first kappa shape index (κ1) is 23.0. The maximum atomic E-state index is 12.7. The minimum atomic E-state index is -1.56. The molecule has 1 aliphatic heterocycles. The van der Waals surface area contributed by atoms with Gasteiger partial charge in [-0.05, 0) is 45.4 Å². The Kier molecular flexibility index (Phi) is 7.56. The van der Waals surface area contributed by atoms with Crippen LogP contribution in [0.2, 0.25) is 0 Å². The minimum Gasteiger partial charge on any atom is -0.495 e. The second-order valence-corrected chi connectivity index (χ2v) is 6.64. The van der Waals surface area contributed by atoms with Crippen LogP contribution in [0.1, 0.15) is 26.3 Å². The van der Waals surface area contributed by atoms with Crippen molar-refractivity contribution in [3.05, 3.63) is 23.8 Å². The molecule has 28 heavy (non-hydrogen) atoms. The molecular weight excluding hydrogens is 390 g/mol. The van der Waals surface area contributed by atoms with E-state index >= 15 is 0 Å². The molecule has 1 unspecified atom stereocenters. The summed E-state index contributed by atoms with van der Waals surface area (Å²) >= 11 is -0.750. The lowest BCUT2D eigenvalue weighted by Gasteiger charge is -2.23. The van der Waals surface area contributed by atoms with E-state index in [4.69, 9.17) is 13.2 Å². The van der Waals surface area contributed by atoms with Crippen LogP contribution in [0.25, 0.3) is 0 Å². The van der Waals surface area contributed by atoms with E-state index in [1.807, 2.05) is 6.92 Å². The Morgan fingerprint density at radius 1 is 1.25 bits per heavy atom. The molecule has 1 fully saturated rings. The van der Waals surface area contributed by atoms with Gasteiger partial charge in [-0.1, -0.05) is 6.07 Å². The number of hydrogen-bond acceptors (Lipinski definition) is 7. The lowest BCUT2D eigenvalue weighted by molar-refractivity contribution is -0.141. The van der Waals surface area contributed by atoms with Gasteiger partial charge in [-0.25, -0.2) is 9.69 Å². The van der Waals surface area contributed by atoms with Crippen molar-refractivity contribution in [3.8, 4) is 5.75 Å². The smallest absolute Gasteiger partial charge is 0.335 e. The van der Waals surface area contributed by atoms with E-state index < -0.39 is 46.8 Å². The Hall–Kier alpha value is -3.08. The van der Waals surface area contributed by atoms with Crippen LogP contribution in [0, 0.1) is 6.92 Å². The number of carbonyl (C=O) groups is 4. The number of benzene rings is 1. The van der Waals surface area contributed by atoms with E-state index in [0.29, 0.717) is 16.3 Å². The van der Waals surface area contributed by atoms with E-state index in [2.05, 4.69) is 10.6 Å². The zero-order valence-corrected chi connectivity index (χ0v) is 16.8. The molecule has 1 atom stereocenters. The number of nitrogens with zero attached hydrogens (tertiary/aromatic N) is 1. The van der Waals surface area contributed by atoms with Gasteiger partial charge in [0.25, 0.3) is 11.8 Å². The maximum absolute atomic E-state index is 12.7. The van der Waals surface area contributed by atoms with Gasteiger partial charge >= 0.3 is 17.6 Å². The van der Waals surface area contributed by atoms with E-state index in [1.54, 1.807) is 18.2 Å². The van der Waals surface area contributed by atoms with Gasteiger partial charge in [0.1, 0.15) is 11.3 Å². The van der Waals surface area contributed by atoms with Crippen LogP contribution in [0.5, 0.6) is 5.75 Å². The number of anilines is 1. The first-order chi connectivity index (χ1) is 13.0. The molecule has 1 saturated heterocycles. The molecule has 0 aromatic heterocycles. The van der Waals surface area contributed by atoms with Crippen molar-refractivity contribution in [1.29, 1.82) is 0 Å². The fourth-order valence-electron chi connectivity index (χ4n) is 2.61. The third-order valence-electron chi connectivity index (χ3n) is 3.90. The highest BCUT2D eigenvalue weighted by molar-refractivity contribution is 7.51. The summed E-state index contributed by atoms with van der Waals surface area (Å²) in [5, 5.41) is 5.03. The molecule has 1 heterocycles. The predicted molar refractivity (Wildman–Crippen MR) is 99.2 cm³/mol. The number of nitrogens with one attached hydrogen (secondary N) is 2. The second kappa shape index (κ2) is 9.22. The number of ether oxygens (including phenoxy) is 1. The standard InChI is InChI=1S/C17H21N3O5.O2S/c1-9-6-7-12(25-5)11(8-9)18-14(22)13(10(2)21)20-15(23)17(3,4)19-16(20)24;1-3-2/h6-8,13H,1-5H3,(H,18,22)(H,19,24);. The van der Waals surface area contributed by atoms with Gasteiger partial charge in [0.05, 0.1) is 12.8 Å². The summed E-state index contributed by atoms with van der Waals surface area (Å²) in [5.74, 6) is -1.63. The summed E-state index contributed by atoms with van der Waals surface area (Å²) in [6.45, 7) is 6.00. The van der Waals surface area contributed by atoms with Gasteiger partial charge in [-0.15, -0.1) is 0 Å². The highest BCUT2D eigenvalue weighted by Gasteiger charge is 2.50.